The van der Waals surface area contributed by atoms with Crippen molar-refractivity contribution in [2.24, 2.45) is 11.8 Å². The van der Waals surface area contributed by atoms with Gasteiger partial charge in [-0.25, -0.2) is 0 Å². The number of nitrogens with zero attached hydrogens (tertiary/aromatic N) is 1. The van der Waals surface area contributed by atoms with E-state index in [1.165, 1.54) is 6.42 Å². The van der Waals surface area contributed by atoms with Gasteiger partial charge in [0.25, 0.3) is 0 Å². The molecule has 1 N–H and O–H groups in total. The summed E-state index contributed by atoms with van der Waals surface area (Å²) in [6.07, 6.45) is 2.17. The molecule has 3 nitrogen and oxygen atoms in total. The van der Waals surface area contributed by atoms with Crippen LogP contribution in [0.25, 0.3) is 0 Å². The van der Waals surface area contributed by atoms with Crippen LogP contribution < -0.4 is 5.32 Å². The van der Waals surface area contributed by atoms with Crippen molar-refractivity contribution >= 4 is 5.91 Å². The van der Waals surface area contributed by atoms with Crippen molar-refractivity contribution in [2.75, 3.05) is 13.6 Å². The fraction of sp³-hybridized carbons (Fsp3) is 0.923. The van der Waals surface area contributed by atoms with Crippen LogP contribution in [0.5, 0.6) is 0 Å². The molecule has 0 aromatic rings. The van der Waals surface area contributed by atoms with Crippen molar-refractivity contribution < 1.29 is 4.79 Å². The Bertz CT molecular complexity index is 236. The maximum Gasteiger partial charge on any atom is 0.239 e. The highest BCUT2D eigenvalue weighted by molar-refractivity contribution is 5.82. The summed E-state index contributed by atoms with van der Waals surface area (Å²) in [5, 5.41) is 3.33. The van der Waals surface area contributed by atoms with Crippen LogP contribution in [-0.2, 0) is 4.79 Å². The van der Waals surface area contributed by atoms with Gasteiger partial charge in [-0.05, 0) is 38.1 Å². The fourth-order valence-corrected chi connectivity index (χ4v) is 2.19. The molecule has 0 aromatic heterocycles. The predicted molar refractivity (Wildman–Crippen MR) is 67.3 cm³/mol. The van der Waals surface area contributed by atoms with E-state index < -0.39 is 0 Å². The lowest BCUT2D eigenvalue weighted by molar-refractivity contribution is -0.135. The minimum atomic E-state index is 0.0370. The van der Waals surface area contributed by atoms with E-state index >= 15 is 0 Å². The van der Waals surface area contributed by atoms with Crippen LogP contribution in [0.15, 0.2) is 0 Å². The van der Waals surface area contributed by atoms with Crippen LogP contribution in [-0.4, -0.2) is 36.5 Å². The summed E-state index contributed by atoms with van der Waals surface area (Å²) in [5.74, 6) is 1.43. The number of nitrogens with one attached hydrogen (secondary N) is 1. The van der Waals surface area contributed by atoms with E-state index in [0.717, 1.165) is 13.0 Å². The first-order valence-corrected chi connectivity index (χ1v) is 6.43. The minimum absolute atomic E-state index is 0.0370. The van der Waals surface area contributed by atoms with Crippen molar-refractivity contribution in [2.45, 2.75) is 52.6 Å². The van der Waals surface area contributed by atoms with Gasteiger partial charge in [0, 0.05) is 13.1 Å². The molecule has 0 bridgehead atoms. The summed E-state index contributed by atoms with van der Waals surface area (Å²) >= 11 is 0. The third kappa shape index (κ3) is 3.21. The maximum atomic E-state index is 12.3. The van der Waals surface area contributed by atoms with Crippen LogP contribution in [0, 0.1) is 11.8 Å². The van der Waals surface area contributed by atoms with Crippen molar-refractivity contribution in [3.63, 3.8) is 0 Å². The second kappa shape index (κ2) is 5.67. The molecule has 0 aromatic carbocycles. The molecule has 0 saturated carbocycles. The van der Waals surface area contributed by atoms with Crippen molar-refractivity contribution in [3.8, 4) is 0 Å². The zero-order valence-corrected chi connectivity index (χ0v) is 11.3. The van der Waals surface area contributed by atoms with E-state index in [0.29, 0.717) is 17.9 Å². The van der Waals surface area contributed by atoms with Gasteiger partial charge >= 0.3 is 0 Å². The quantitative estimate of drug-likeness (QED) is 0.797. The SMILES string of the molecule is CC1CCNC(C(=O)N(C)C(C)C(C)C)C1. The Labute approximate surface area is 99.6 Å². The molecule has 1 fully saturated rings. The van der Waals surface area contributed by atoms with Crippen LogP contribution in [0.2, 0.25) is 0 Å². The summed E-state index contributed by atoms with van der Waals surface area (Å²) in [4.78, 5) is 14.2. The number of piperidine rings is 1. The summed E-state index contributed by atoms with van der Waals surface area (Å²) in [7, 11) is 1.92. The van der Waals surface area contributed by atoms with Gasteiger partial charge in [0.05, 0.1) is 6.04 Å². The summed E-state index contributed by atoms with van der Waals surface area (Å²) < 4.78 is 0. The summed E-state index contributed by atoms with van der Waals surface area (Å²) in [6.45, 7) is 9.64. The molecule has 94 valence electrons. The average Bonchev–Trinajstić information content (AvgIpc) is 2.26. The minimum Gasteiger partial charge on any atom is -0.341 e. The van der Waals surface area contributed by atoms with Crippen LogP contribution in [0.1, 0.15) is 40.5 Å². The monoisotopic (exact) mass is 226 g/mol. The maximum absolute atomic E-state index is 12.3. The summed E-state index contributed by atoms with van der Waals surface area (Å²) in [5.41, 5.74) is 0. The second-order valence-electron chi connectivity index (χ2n) is 5.57. The van der Waals surface area contributed by atoms with Gasteiger partial charge in [0.2, 0.25) is 5.91 Å². The molecular formula is C13H26N2O. The number of hydrogen-bond acceptors (Lipinski definition) is 2. The van der Waals surface area contributed by atoms with Gasteiger partial charge in [-0.2, -0.15) is 0 Å². The Balaban J connectivity index is 2.55. The molecule has 3 atom stereocenters. The molecular weight excluding hydrogens is 200 g/mol. The van der Waals surface area contributed by atoms with Gasteiger partial charge in [-0.3, -0.25) is 4.79 Å². The van der Waals surface area contributed by atoms with Crippen molar-refractivity contribution in [1.29, 1.82) is 0 Å². The smallest absolute Gasteiger partial charge is 0.239 e. The molecule has 1 aliphatic heterocycles. The third-order valence-electron chi connectivity index (χ3n) is 3.89. The first-order chi connectivity index (χ1) is 7.43. The standard InChI is InChI=1S/C13H26N2O/c1-9(2)11(4)15(5)13(16)12-8-10(3)6-7-14-12/h9-12,14H,6-8H2,1-5H3. The van der Waals surface area contributed by atoms with Gasteiger partial charge in [-0.15, -0.1) is 0 Å². The molecule has 3 heteroatoms. The molecule has 0 spiro atoms. The Morgan fingerprint density at radius 3 is 2.50 bits per heavy atom. The largest absolute Gasteiger partial charge is 0.341 e. The number of rotatable bonds is 3. The molecule has 1 amide bonds. The molecule has 0 aliphatic carbocycles. The van der Waals surface area contributed by atoms with Gasteiger partial charge in [0.1, 0.15) is 0 Å². The van der Waals surface area contributed by atoms with E-state index in [1.807, 2.05) is 11.9 Å². The highest BCUT2D eigenvalue weighted by atomic mass is 16.2. The third-order valence-corrected chi connectivity index (χ3v) is 3.89. The number of likely N-dealkylation sites (N-methyl/N-ethyl adjacent to an activating group) is 1. The lowest BCUT2D eigenvalue weighted by atomic mass is 9.93. The van der Waals surface area contributed by atoms with E-state index in [9.17, 15) is 4.79 Å². The topological polar surface area (TPSA) is 32.3 Å². The first kappa shape index (κ1) is 13.5. The Hall–Kier alpha value is -0.570. The fourth-order valence-electron chi connectivity index (χ4n) is 2.19. The highest BCUT2D eigenvalue weighted by Crippen LogP contribution is 2.18. The van der Waals surface area contributed by atoms with E-state index in [-0.39, 0.29) is 11.9 Å². The van der Waals surface area contributed by atoms with Crippen molar-refractivity contribution in [1.82, 2.24) is 10.2 Å². The lowest BCUT2D eigenvalue weighted by Gasteiger charge is -2.34. The molecule has 1 rings (SSSR count). The zero-order chi connectivity index (χ0) is 12.3. The normalized spacial score (nSPS) is 27.9. The summed E-state index contributed by atoms with van der Waals surface area (Å²) in [6, 6.07) is 0.349. The van der Waals surface area contributed by atoms with Gasteiger partial charge in [0.15, 0.2) is 0 Å². The average molecular weight is 226 g/mol. The van der Waals surface area contributed by atoms with E-state index in [2.05, 4.69) is 33.0 Å². The number of hydrogen-bond donors (Lipinski definition) is 1. The van der Waals surface area contributed by atoms with Crippen LogP contribution >= 0.6 is 0 Å². The molecule has 3 unspecified atom stereocenters. The van der Waals surface area contributed by atoms with Gasteiger partial charge in [-0.1, -0.05) is 20.8 Å². The zero-order valence-electron chi connectivity index (χ0n) is 11.3. The predicted octanol–water partition coefficient (Wildman–Crippen LogP) is 1.88. The van der Waals surface area contributed by atoms with Crippen LogP contribution in [0.4, 0.5) is 0 Å². The molecule has 0 radical (unpaired) electrons. The Kier molecular flexibility index (Phi) is 4.78. The number of carbonyl (C=O) groups excluding carboxylic acids is 1. The first-order valence-electron chi connectivity index (χ1n) is 6.43. The molecule has 1 saturated heterocycles. The van der Waals surface area contributed by atoms with Crippen molar-refractivity contribution in [3.05, 3.63) is 0 Å². The van der Waals surface area contributed by atoms with Gasteiger partial charge < -0.3 is 10.2 Å². The van der Waals surface area contributed by atoms with E-state index in [4.69, 9.17) is 0 Å². The number of carbonyl (C=O) groups is 1. The number of amides is 1. The second-order valence-corrected chi connectivity index (χ2v) is 5.57. The van der Waals surface area contributed by atoms with Crippen LogP contribution in [0.3, 0.4) is 0 Å². The Morgan fingerprint density at radius 2 is 2.00 bits per heavy atom. The highest BCUT2D eigenvalue weighted by Gasteiger charge is 2.29. The molecule has 16 heavy (non-hydrogen) atoms. The molecule has 1 aliphatic rings. The lowest BCUT2D eigenvalue weighted by Crippen LogP contribution is -2.51. The molecule has 1 heterocycles. The Morgan fingerprint density at radius 1 is 1.38 bits per heavy atom. The van der Waals surface area contributed by atoms with E-state index in [1.54, 1.807) is 0 Å².